The average molecular weight is 715 g/mol. The third-order valence-corrected chi connectivity index (χ3v) is 12.3. The first kappa shape index (κ1) is 39.5. The van der Waals surface area contributed by atoms with E-state index in [1.165, 1.54) is 145 Å². The molecule has 6 rings (SSSR count). The molecule has 282 valence electrons. The maximum absolute atomic E-state index is 2.58. The molecule has 0 aliphatic rings. The van der Waals surface area contributed by atoms with Crippen LogP contribution in [0.15, 0.2) is 84.9 Å². The van der Waals surface area contributed by atoms with Crippen LogP contribution in [0.5, 0.6) is 0 Å². The summed E-state index contributed by atoms with van der Waals surface area (Å²) in [6, 6.07) is 34.0. The van der Waals surface area contributed by atoms with E-state index in [9.17, 15) is 0 Å². The molecule has 0 spiro atoms. The van der Waals surface area contributed by atoms with Crippen molar-refractivity contribution in [2.75, 3.05) is 0 Å². The van der Waals surface area contributed by atoms with Crippen molar-refractivity contribution >= 4 is 21.5 Å². The molecule has 0 amide bonds. The highest BCUT2D eigenvalue weighted by molar-refractivity contribution is 6.08. The molecule has 54 heavy (non-hydrogen) atoms. The summed E-state index contributed by atoms with van der Waals surface area (Å²) in [7, 11) is 0. The molecular weight excluding hydrogens is 649 g/mol. The Kier molecular flexibility index (Phi) is 12.8. The van der Waals surface area contributed by atoms with Gasteiger partial charge in [0.05, 0.1) is 0 Å². The molecular formula is C54H66. The van der Waals surface area contributed by atoms with Crippen molar-refractivity contribution in [3.05, 3.63) is 129 Å². The van der Waals surface area contributed by atoms with Crippen molar-refractivity contribution < 1.29 is 0 Å². The lowest BCUT2D eigenvalue weighted by atomic mass is 9.82. The van der Waals surface area contributed by atoms with Gasteiger partial charge in [-0.05, 0) is 162 Å². The first-order valence-corrected chi connectivity index (χ1v) is 21.3. The highest BCUT2D eigenvalue weighted by Gasteiger charge is 2.19. The van der Waals surface area contributed by atoms with Gasteiger partial charge in [0.1, 0.15) is 0 Å². The SMILES string of the molecule is CCCCC(CC)Cc1cc(-c2cc(-c3cc(C)cc(C)c3)c3cc(C)cc(-c4cc(C)cc(C)c4)c3c2)cc2c(CC(CC)CCCC)c(C)ccc12. The lowest BCUT2D eigenvalue weighted by Crippen LogP contribution is -2.07. The largest absolute Gasteiger partial charge is 0.0654 e. The molecule has 0 nitrogen and oxygen atoms in total. The zero-order chi connectivity index (χ0) is 38.5. The van der Waals surface area contributed by atoms with Crippen LogP contribution in [-0.4, -0.2) is 0 Å². The molecule has 6 aromatic carbocycles. The van der Waals surface area contributed by atoms with Gasteiger partial charge in [-0.25, -0.2) is 0 Å². The number of rotatable bonds is 15. The van der Waals surface area contributed by atoms with E-state index in [1.54, 1.807) is 5.56 Å². The third kappa shape index (κ3) is 8.86. The van der Waals surface area contributed by atoms with Gasteiger partial charge in [-0.15, -0.1) is 0 Å². The number of hydrogen-bond donors (Lipinski definition) is 0. The van der Waals surface area contributed by atoms with E-state index in [-0.39, 0.29) is 0 Å². The molecule has 0 saturated carbocycles. The predicted molar refractivity (Wildman–Crippen MR) is 240 cm³/mol. The maximum Gasteiger partial charge on any atom is -0.00928 e. The summed E-state index contributed by atoms with van der Waals surface area (Å²) in [4.78, 5) is 0. The van der Waals surface area contributed by atoms with Gasteiger partial charge >= 0.3 is 0 Å². The van der Waals surface area contributed by atoms with Crippen LogP contribution >= 0.6 is 0 Å². The lowest BCUT2D eigenvalue weighted by Gasteiger charge is -2.22. The van der Waals surface area contributed by atoms with Gasteiger partial charge in [-0.1, -0.05) is 168 Å². The number of aryl methyl sites for hydroxylation is 6. The van der Waals surface area contributed by atoms with E-state index in [0.29, 0.717) is 5.92 Å². The molecule has 0 heterocycles. The lowest BCUT2D eigenvalue weighted by molar-refractivity contribution is 0.449. The van der Waals surface area contributed by atoms with Crippen LogP contribution in [0.2, 0.25) is 0 Å². The van der Waals surface area contributed by atoms with E-state index in [4.69, 9.17) is 0 Å². The molecule has 0 N–H and O–H groups in total. The fraction of sp³-hybridized carbons (Fsp3) is 0.407. The van der Waals surface area contributed by atoms with Crippen LogP contribution in [0.3, 0.4) is 0 Å². The predicted octanol–water partition coefficient (Wildman–Crippen LogP) is 16.4. The maximum atomic E-state index is 2.58. The van der Waals surface area contributed by atoms with Crippen LogP contribution in [0.25, 0.3) is 54.9 Å². The Morgan fingerprint density at radius 3 is 1.44 bits per heavy atom. The van der Waals surface area contributed by atoms with E-state index < -0.39 is 0 Å². The molecule has 2 unspecified atom stereocenters. The minimum Gasteiger partial charge on any atom is -0.0654 e. The second-order valence-corrected chi connectivity index (χ2v) is 17.0. The number of hydrogen-bond acceptors (Lipinski definition) is 0. The van der Waals surface area contributed by atoms with Crippen molar-refractivity contribution in [1.29, 1.82) is 0 Å². The van der Waals surface area contributed by atoms with Crippen LogP contribution < -0.4 is 0 Å². The average Bonchev–Trinajstić information content (AvgIpc) is 3.14. The standard InChI is InChI=1S/C54H66/c1-11-15-17-41(13-3)29-47-31-43(33-53-48(47)20-19-40(10)49(53)30-42(14-4)18-16-12-2)44-32-51(46-25-37(7)22-38(8)26-46)52-28-39(9)27-50(54(52)34-44)45-23-35(5)21-36(6)24-45/h19-28,31-34,41-42H,11-18,29-30H2,1-10H3. The Labute approximate surface area is 328 Å². The Balaban J connectivity index is 1.68. The van der Waals surface area contributed by atoms with E-state index >= 15 is 0 Å². The van der Waals surface area contributed by atoms with Crippen molar-refractivity contribution in [2.45, 2.75) is 133 Å². The Morgan fingerprint density at radius 2 is 0.889 bits per heavy atom. The van der Waals surface area contributed by atoms with Gasteiger partial charge in [0.25, 0.3) is 0 Å². The monoisotopic (exact) mass is 715 g/mol. The molecule has 2 atom stereocenters. The Hall–Kier alpha value is -4.16. The van der Waals surface area contributed by atoms with Gasteiger partial charge in [-0.3, -0.25) is 0 Å². The van der Waals surface area contributed by atoms with Gasteiger partial charge < -0.3 is 0 Å². The van der Waals surface area contributed by atoms with Crippen molar-refractivity contribution in [1.82, 2.24) is 0 Å². The normalized spacial score (nSPS) is 12.9. The minimum atomic E-state index is 0.697. The summed E-state index contributed by atoms with van der Waals surface area (Å²) in [5, 5.41) is 5.63. The topological polar surface area (TPSA) is 0 Å². The second kappa shape index (κ2) is 17.5. The smallest absolute Gasteiger partial charge is 0.00928 e. The van der Waals surface area contributed by atoms with E-state index in [2.05, 4.69) is 154 Å². The van der Waals surface area contributed by atoms with E-state index in [0.717, 1.165) is 18.8 Å². The Bertz CT molecular complexity index is 2200. The number of benzene rings is 6. The summed E-state index contributed by atoms with van der Waals surface area (Å²) >= 11 is 0. The van der Waals surface area contributed by atoms with Crippen molar-refractivity contribution in [3.8, 4) is 33.4 Å². The molecule has 0 aromatic heterocycles. The van der Waals surface area contributed by atoms with Gasteiger partial charge in [0, 0.05) is 0 Å². The van der Waals surface area contributed by atoms with Crippen LogP contribution in [-0.2, 0) is 12.8 Å². The Morgan fingerprint density at radius 1 is 0.407 bits per heavy atom. The van der Waals surface area contributed by atoms with Crippen LogP contribution in [0.4, 0.5) is 0 Å². The first-order valence-electron chi connectivity index (χ1n) is 21.3. The third-order valence-electron chi connectivity index (χ3n) is 12.3. The van der Waals surface area contributed by atoms with E-state index in [1.807, 2.05) is 0 Å². The van der Waals surface area contributed by atoms with Crippen LogP contribution in [0.1, 0.15) is 124 Å². The number of unbranched alkanes of at least 4 members (excludes halogenated alkanes) is 2. The molecule has 0 aliphatic carbocycles. The highest BCUT2D eigenvalue weighted by Crippen LogP contribution is 2.42. The van der Waals surface area contributed by atoms with Crippen LogP contribution in [0, 0.1) is 53.4 Å². The summed E-state index contributed by atoms with van der Waals surface area (Å²) in [6.07, 6.45) is 12.5. The first-order chi connectivity index (χ1) is 26.0. The minimum absolute atomic E-state index is 0.697. The molecule has 0 heteroatoms. The summed E-state index contributed by atoms with van der Waals surface area (Å²) in [5.41, 5.74) is 19.0. The fourth-order valence-corrected chi connectivity index (χ4v) is 9.29. The summed E-state index contributed by atoms with van der Waals surface area (Å²) in [6.45, 7) is 23.0. The molecule has 0 radical (unpaired) electrons. The molecule has 0 bridgehead atoms. The zero-order valence-electron chi connectivity index (χ0n) is 35.3. The summed E-state index contributed by atoms with van der Waals surface area (Å²) < 4.78 is 0. The highest BCUT2D eigenvalue weighted by atomic mass is 14.2. The second-order valence-electron chi connectivity index (χ2n) is 17.0. The quantitative estimate of drug-likeness (QED) is 0.0993. The number of fused-ring (bicyclic) bond motifs is 2. The molecule has 0 aliphatic heterocycles. The molecule has 6 aromatic rings. The van der Waals surface area contributed by atoms with Gasteiger partial charge in [-0.2, -0.15) is 0 Å². The van der Waals surface area contributed by atoms with Crippen molar-refractivity contribution in [2.24, 2.45) is 11.8 Å². The zero-order valence-corrected chi connectivity index (χ0v) is 35.3. The van der Waals surface area contributed by atoms with Gasteiger partial charge in [0.2, 0.25) is 0 Å². The molecule has 0 fully saturated rings. The fourth-order valence-electron chi connectivity index (χ4n) is 9.29. The summed E-state index contributed by atoms with van der Waals surface area (Å²) in [5.74, 6) is 1.41. The molecule has 0 saturated heterocycles. The van der Waals surface area contributed by atoms with Crippen molar-refractivity contribution in [3.63, 3.8) is 0 Å². The van der Waals surface area contributed by atoms with Gasteiger partial charge in [0.15, 0.2) is 0 Å².